The molecule has 2 aliphatic rings. The molecule has 1 heterocycles. The average Bonchev–Trinajstić information content (AvgIpc) is 2.90. The number of benzene rings is 1. The van der Waals surface area contributed by atoms with Crippen LogP contribution < -0.4 is 0 Å². The van der Waals surface area contributed by atoms with Crippen molar-refractivity contribution in [2.75, 3.05) is 26.2 Å². The minimum atomic E-state index is -0.387. The first-order valence-corrected chi connectivity index (χ1v) is 7.98. The molecule has 1 saturated heterocycles. The Bertz CT molecular complexity index is 444. The number of rotatable bonds is 6. The molecule has 114 valence electrons. The molecule has 1 aliphatic heterocycles. The molecule has 3 nitrogen and oxygen atoms in total. The van der Waals surface area contributed by atoms with Crippen LogP contribution in [0.2, 0.25) is 0 Å². The molecule has 1 N–H and O–H groups in total. The third-order valence-corrected chi connectivity index (χ3v) is 4.59. The Balaban J connectivity index is 1.36. The summed E-state index contributed by atoms with van der Waals surface area (Å²) < 4.78 is 5.62. The van der Waals surface area contributed by atoms with E-state index < -0.39 is 0 Å². The molecule has 0 unspecified atom stereocenters. The van der Waals surface area contributed by atoms with Crippen LogP contribution in [0.5, 0.6) is 0 Å². The largest absolute Gasteiger partial charge is 0.389 e. The molecular weight excluding hydrogens is 262 g/mol. The number of ether oxygens (including phenoxy) is 1. The number of likely N-dealkylation sites (tertiary alicyclic amines) is 1. The molecule has 21 heavy (non-hydrogen) atoms. The van der Waals surface area contributed by atoms with Gasteiger partial charge in [-0.15, -0.1) is 0 Å². The molecule has 0 radical (unpaired) electrons. The van der Waals surface area contributed by atoms with E-state index in [0.29, 0.717) is 13.2 Å². The van der Waals surface area contributed by atoms with E-state index in [-0.39, 0.29) is 6.10 Å². The number of nitrogens with zero attached hydrogens (tertiary/aromatic N) is 1. The zero-order chi connectivity index (χ0) is 14.5. The molecule has 0 bridgehead atoms. The number of allylic oxidation sites excluding steroid dienone is 2. The maximum Gasteiger partial charge on any atom is 0.0900 e. The van der Waals surface area contributed by atoms with E-state index >= 15 is 0 Å². The lowest BCUT2D eigenvalue weighted by Crippen LogP contribution is -2.33. The van der Waals surface area contributed by atoms with E-state index in [1.54, 1.807) is 0 Å². The van der Waals surface area contributed by atoms with Crippen LogP contribution in [-0.4, -0.2) is 42.4 Å². The van der Waals surface area contributed by atoms with Crippen LogP contribution in [0.15, 0.2) is 42.5 Å². The van der Waals surface area contributed by atoms with Crippen LogP contribution in [0.1, 0.15) is 18.4 Å². The molecule has 1 aliphatic carbocycles. The molecule has 1 fully saturated rings. The lowest BCUT2D eigenvalue weighted by atomic mass is 9.86. The van der Waals surface area contributed by atoms with Crippen molar-refractivity contribution < 1.29 is 9.84 Å². The minimum Gasteiger partial charge on any atom is -0.389 e. The first-order valence-electron chi connectivity index (χ1n) is 7.98. The van der Waals surface area contributed by atoms with E-state index in [9.17, 15) is 5.11 Å². The third kappa shape index (κ3) is 4.16. The monoisotopic (exact) mass is 287 g/mol. The summed E-state index contributed by atoms with van der Waals surface area (Å²) in [5.41, 5.74) is 1.16. The normalized spacial score (nSPS) is 26.7. The summed E-state index contributed by atoms with van der Waals surface area (Å²) in [4.78, 5) is 2.40. The molecular formula is C18H25NO2. The highest BCUT2D eigenvalue weighted by molar-refractivity contribution is 5.13. The van der Waals surface area contributed by atoms with Gasteiger partial charge in [0.1, 0.15) is 0 Å². The number of aliphatic hydroxyl groups is 1. The first kappa shape index (κ1) is 14.8. The van der Waals surface area contributed by atoms with Crippen molar-refractivity contribution >= 4 is 0 Å². The summed E-state index contributed by atoms with van der Waals surface area (Å²) in [5, 5.41) is 10.1. The van der Waals surface area contributed by atoms with Gasteiger partial charge in [0.15, 0.2) is 0 Å². The van der Waals surface area contributed by atoms with Gasteiger partial charge >= 0.3 is 0 Å². The van der Waals surface area contributed by atoms with E-state index in [0.717, 1.165) is 37.0 Å². The Morgan fingerprint density at radius 2 is 1.76 bits per heavy atom. The Hall–Kier alpha value is -1.16. The summed E-state index contributed by atoms with van der Waals surface area (Å²) in [6.07, 6.45) is 6.65. The van der Waals surface area contributed by atoms with Crippen LogP contribution in [0, 0.1) is 11.8 Å². The van der Waals surface area contributed by atoms with Gasteiger partial charge in [-0.3, -0.25) is 0 Å². The minimum absolute atomic E-state index is 0.387. The zero-order valence-corrected chi connectivity index (χ0v) is 12.5. The second-order valence-electron chi connectivity index (χ2n) is 6.34. The van der Waals surface area contributed by atoms with Gasteiger partial charge in [-0.05, 0) is 30.2 Å². The first-order chi connectivity index (χ1) is 10.3. The fourth-order valence-electron chi connectivity index (χ4n) is 3.50. The number of aliphatic hydroxyl groups excluding tert-OH is 1. The van der Waals surface area contributed by atoms with Crippen LogP contribution in [0.3, 0.4) is 0 Å². The summed E-state index contributed by atoms with van der Waals surface area (Å²) >= 11 is 0. The van der Waals surface area contributed by atoms with Crippen molar-refractivity contribution in [2.24, 2.45) is 11.8 Å². The SMILES string of the molecule is O[C@H](COCc1ccccc1)CN1C[C@@H]2CC=CC[C@H]2C1. The third-order valence-electron chi connectivity index (χ3n) is 4.59. The average molecular weight is 287 g/mol. The molecule has 3 atom stereocenters. The van der Waals surface area contributed by atoms with Crippen molar-refractivity contribution in [3.8, 4) is 0 Å². The fourth-order valence-corrected chi connectivity index (χ4v) is 3.50. The summed E-state index contributed by atoms with van der Waals surface area (Å²) in [5.74, 6) is 1.60. The summed E-state index contributed by atoms with van der Waals surface area (Å²) in [6, 6.07) is 10.1. The zero-order valence-electron chi connectivity index (χ0n) is 12.5. The van der Waals surface area contributed by atoms with Crippen LogP contribution in [0.25, 0.3) is 0 Å². The lowest BCUT2D eigenvalue weighted by Gasteiger charge is -2.20. The Morgan fingerprint density at radius 1 is 1.10 bits per heavy atom. The molecule has 0 saturated carbocycles. The second kappa shape index (κ2) is 7.21. The number of fused-ring (bicyclic) bond motifs is 1. The van der Waals surface area contributed by atoms with Gasteiger partial charge in [-0.2, -0.15) is 0 Å². The lowest BCUT2D eigenvalue weighted by molar-refractivity contribution is 0.0126. The number of hydrogen-bond acceptors (Lipinski definition) is 3. The molecule has 3 heteroatoms. The molecule has 1 aromatic carbocycles. The van der Waals surface area contributed by atoms with Crippen LogP contribution in [-0.2, 0) is 11.3 Å². The van der Waals surface area contributed by atoms with Gasteiger partial charge in [0, 0.05) is 19.6 Å². The molecule has 0 aromatic heterocycles. The Labute approximate surface area is 127 Å². The smallest absolute Gasteiger partial charge is 0.0900 e. The standard InChI is InChI=1S/C18H25NO2/c20-18(14-21-13-15-6-2-1-3-7-15)12-19-10-16-8-4-5-9-17(16)11-19/h1-7,16-18,20H,8-14H2/t16-,17-,18-/m0/s1. The van der Waals surface area contributed by atoms with Crippen molar-refractivity contribution in [3.05, 3.63) is 48.0 Å². The van der Waals surface area contributed by atoms with E-state index in [1.807, 2.05) is 30.3 Å². The predicted octanol–water partition coefficient (Wildman–Crippen LogP) is 2.46. The van der Waals surface area contributed by atoms with Gasteiger partial charge in [-0.1, -0.05) is 42.5 Å². The van der Waals surface area contributed by atoms with Crippen molar-refractivity contribution in [3.63, 3.8) is 0 Å². The molecule has 1 aromatic rings. The van der Waals surface area contributed by atoms with Crippen LogP contribution in [0.4, 0.5) is 0 Å². The van der Waals surface area contributed by atoms with Crippen molar-refractivity contribution in [1.29, 1.82) is 0 Å². The van der Waals surface area contributed by atoms with Gasteiger partial charge in [0.05, 0.1) is 19.3 Å². The maximum absolute atomic E-state index is 10.1. The second-order valence-corrected chi connectivity index (χ2v) is 6.34. The molecule has 0 spiro atoms. The van der Waals surface area contributed by atoms with Gasteiger partial charge in [0.2, 0.25) is 0 Å². The van der Waals surface area contributed by atoms with E-state index in [1.165, 1.54) is 12.8 Å². The number of β-amino-alcohol motifs (C(OH)–C–C–N with tert-alkyl or cyclic N) is 1. The maximum atomic E-state index is 10.1. The molecule has 0 amide bonds. The van der Waals surface area contributed by atoms with Gasteiger partial charge in [-0.25, -0.2) is 0 Å². The van der Waals surface area contributed by atoms with Crippen molar-refractivity contribution in [1.82, 2.24) is 4.90 Å². The Morgan fingerprint density at radius 3 is 2.43 bits per heavy atom. The molecule has 3 rings (SSSR count). The summed E-state index contributed by atoms with van der Waals surface area (Å²) in [7, 11) is 0. The Kier molecular flexibility index (Phi) is 5.07. The topological polar surface area (TPSA) is 32.7 Å². The van der Waals surface area contributed by atoms with Gasteiger partial charge in [0.25, 0.3) is 0 Å². The van der Waals surface area contributed by atoms with Gasteiger partial charge < -0.3 is 14.7 Å². The van der Waals surface area contributed by atoms with Crippen LogP contribution >= 0.6 is 0 Å². The number of hydrogen-bond donors (Lipinski definition) is 1. The quantitative estimate of drug-likeness (QED) is 0.816. The summed E-state index contributed by atoms with van der Waals surface area (Å²) in [6.45, 7) is 3.99. The fraction of sp³-hybridized carbons (Fsp3) is 0.556. The highest BCUT2D eigenvalue weighted by Crippen LogP contribution is 2.32. The predicted molar refractivity (Wildman–Crippen MR) is 83.9 cm³/mol. The highest BCUT2D eigenvalue weighted by atomic mass is 16.5. The highest BCUT2D eigenvalue weighted by Gasteiger charge is 2.33. The van der Waals surface area contributed by atoms with E-state index in [4.69, 9.17) is 4.74 Å². The van der Waals surface area contributed by atoms with Crippen molar-refractivity contribution in [2.45, 2.75) is 25.6 Å². The van der Waals surface area contributed by atoms with E-state index in [2.05, 4.69) is 17.1 Å².